The number of hydrogen-bond donors (Lipinski definition) is 0. The van der Waals surface area contributed by atoms with Crippen molar-refractivity contribution in [1.29, 1.82) is 0 Å². The Morgan fingerprint density at radius 3 is 2.55 bits per heavy atom. The second kappa shape index (κ2) is 6.15. The predicted octanol–water partition coefficient (Wildman–Crippen LogP) is 3.33. The van der Waals surface area contributed by atoms with Crippen LogP contribution >= 0.6 is 11.6 Å². The van der Waals surface area contributed by atoms with Gasteiger partial charge >= 0.3 is 0 Å². The summed E-state index contributed by atoms with van der Waals surface area (Å²) in [5.41, 5.74) is 0.561. The fourth-order valence-electron chi connectivity index (χ4n) is 3.16. The summed E-state index contributed by atoms with van der Waals surface area (Å²) in [7, 11) is 5.62. The van der Waals surface area contributed by atoms with E-state index in [1.54, 1.807) is 13.2 Å². The average molecular weight is 296 g/mol. The van der Waals surface area contributed by atoms with Crippen LogP contribution in [0, 0.1) is 0 Å². The molecule has 0 amide bonds. The van der Waals surface area contributed by atoms with Gasteiger partial charge in [0.1, 0.15) is 5.75 Å². The van der Waals surface area contributed by atoms with Gasteiger partial charge in [0.2, 0.25) is 0 Å². The topological polar surface area (TPSA) is 29.5 Å². The van der Waals surface area contributed by atoms with Crippen LogP contribution in [0.3, 0.4) is 0 Å². The minimum absolute atomic E-state index is 0.264. The number of methoxy groups -OCH3 is 1. The van der Waals surface area contributed by atoms with Gasteiger partial charge in [-0.25, -0.2) is 0 Å². The molecule has 4 heteroatoms. The molecule has 1 saturated carbocycles. The van der Waals surface area contributed by atoms with E-state index >= 15 is 0 Å². The van der Waals surface area contributed by atoms with Crippen molar-refractivity contribution in [2.75, 3.05) is 21.2 Å². The molecule has 0 atom stereocenters. The Balaban J connectivity index is 2.25. The van der Waals surface area contributed by atoms with E-state index < -0.39 is 0 Å². The molecule has 20 heavy (non-hydrogen) atoms. The molecular formula is C16H22ClNO2. The maximum absolute atomic E-state index is 12.8. The molecule has 2 rings (SSSR count). The summed E-state index contributed by atoms with van der Waals surface area (Å²) in [6, 6.07) is 5.43. The van der Waals surface area contributed by atoms with E-state index in [9.17, 15) is 4.79 Å². The zero-order valence-electron chi connectivity index (χ0n) is 12.4. The molecule has 0 saturated heterocycles. The van der Waals surface area contributed by atoms with Crippen LogP contribution in [0.5, 0.6) is 5.75 Å². The summed E-state index contributed by atoms with van der Waals surface area (Å²) in [6.07, 6.45) is 4.51. The van der Waals surface area contributed by atoms with Gasteiger partial charge in [0.05, 0.1) is 12.6 Å². The number of rotatable bonds is 5. The number of ether oxygens (including phenoxy) is 1. The zero-order valence-corrected chi connectivity index (χ0v) is 13.2. The molecular weight excluding hydrogens is 274 g/mol. The van der Waals surface area contributed by atoms with Crippen LogP contribution in [0.25, 0.3) is 0 Å². The SMILES string of the molecule is COc1ccc(Cl)cc1CC(=O)C1(N(C)C)CCCC1. The molecule has 0 bridgehead atoms. The zero-order chi connectivity index (χ0) is 14.8. The first kappa shape index (κ1) is 15.3. The van der Waals surface area contributed by atoms with Crippen molar-refractivity contribution in [2.45, 2.75) is 37.6 Å². The van der Waals surface area contributed by atoms with Gasteiger partial charge in [-0.1, -0.05) is 24.4 Å². The highest BCUT2D eigenvalue weighted by Gasteiger charge is 2.42. The number of carbonyl (C=O) groups is 1. The van der Waals surface area contributed by atoms with Gasteiger partial charge in [0.25, 0.3) is 0 Å². The van der Waals surface area contributed by atoms with Gasteiger partial charge < -0.3 is 4.74 Å². The molecule has 0 aliphatic heterocycles. The van der Waals surface area contributed by atoms with Crippen molar-refractivity contribution >= 4 is 17.4 Å². The smallest absolute Gasteiger partial charge is 0.157 e. The Labute approximate surface area is 125 Å². The van der Waals surface area contributed by atoms with E-state index in [1.807, 2.05) is 26.2 Å². The third-order valence-corrected chi connectivity index (χ3v) is 4.63. The number of benzene rings is 1. The largest absolute Gasteiger partial charge is 0.496 e. The van der Waals surface area contributed by atoms with Crippen LogP contribution in [0.2, 0.25) is 5.02 Å². The van der Waals surface area contributed by atoms with Gasteiger partial charge in [0, 0.05) is 17.0 Å². The fraction of sp³-hybridized carbons (Fsp3) is 0.562. The summed E-state index contributed by atoms with van der Waals surface area (Å²) in [4.78, 5) is 14.9. The molecule has 0 aromatic heterocycles. The maximum atomic E-state index is 12.8. The third kappa shape index (κ3) is 2.84. The maximum Gasteiger partial charge on any atom is 0.157 e. The molecule has 0 radical (unpaired) electrons. The lowest BCUT2D eigenvalue weighted by molar-refractivity contribution is -0.128. The highest BCUT2D eigenvalue weighted by Crippen LogP contribution is 2.36. The molecule has 0 unspecified atom stereocenters. The Morgan fingerprint density at radius 2 is 2.00 bits per heavy atom. The molecule has 1 aliphatic carbocycles. The molecule has 0 heterocycles. The Morgan fingerprint density at radius 1 is 1.35 bits per heavy atom. The Hall–Kier alpha value is -1.06. The summed E-state index contributed by atoms with van der Waals surface area (Å²) >= 11 is 6.04. The second-order valence-corrected chi connectivity index (χ2v) is 6.13. The van der Waals surface area contributed by atoms with Crippen LogP contribution in [0.15, 0.2) is 18.2 Å². The van der Waals surface area contributed by atoms with E-state index in [2.05, 4.69) is 4.90 Å². The van der Waals surface area contributed by atoms with Crippen LogP contribution < -0.4 is 4.74 Å². The first-order valence-electron chi connectivity index (χ1n) is 7.03. The van der Waals surface area contributed by atoms with Crippen molar-refractivity contribution in [3.05, 3.63) is 28.8 Å². The van der Waals surface area contributed by atoms with Crippen molar-refractivity contribution in [1.82, 2.24) is 4.90 Å². The summed E-state index contributed by atoms with van der Waals surface area (Å²) in [5.74, 6) is 0.996. The van der Waals surface area contributed by atoms with Crippen LogP contribution in [-0.2, 0) is 11.2 Å². The molecule has 1 aromatic carbocycles. The van der Waals surface area contributed by atoms with Gasteiger partial charge in [-0.3, -0.25) is 9.69 Å². The monoisotopic (exact) mass is 295 g/mol. The van der Waals surface area contributed by atoms with Crippen molar-refractivity contribution in [3.63, 3.8) is 0 Å². The number of carbonyl (C=O) groups excluding carboxylic acids is 1. The molecule has 110 valence electrons. The normalized spacial score (nSPS) is 17.4. The van der Waals surface area contributed by atoms with Crippen LogP contribution in [0.1, 0.15) is 31.2 Å². The number of nitrogens with zero attached hydrogens (tertiary/aromatic N) is 1. The first-order chi connectivity index (χ1) is 9.49. The van der Waals surface area contributed by atoms with Crippen molar-refractivity contribution < 1.29 is 9.53 Å². The number of ketones is 1. The lowest BCUT2D eigenvalue weighted by atomic mass is 9.86. The summed E-state index contributed by atoms with van der Waals surface area (Å²) in [6.45, 7) is 0. The van der Waals surface area contributed by atoms with E-state index in [0.717, 1.165) is 37.0 Å². The number of likely N-dealkylation sites (N-methyl/N-ethyl adjacent to an activating group) is 1. The third-order valence-electron chi connectivity index (χ3n) is 4.40. The number of hydrogen-bond acceptors (Lipinski definition) is 3. The van der Waals surface area contributed by atoms with Crippen molar-refractivity contribution in [2.24, 2.45) is 0 Å². The standard InChI is InChI=1S/C16H22ClNO2/c1-18(2)16(8-4-5-9-16)15(19)11-12-10-13(17)6-7-14(12)20-3/h6-7,10H,4-5,8-9,11H2,1-3H3. The molecule has 0 spiro atoms. The Bertz CT molecular complexity index is 493. The van der Waals surface area contributed by atoms with E-state index in [1.165, 1.54) is 0 Å². The average Bonchev–Trinajstić information content (AvgIpc) is 2.89. The number of halogens is 1. The highest BCUT2D eigenvalue weighted by atomic mass is 35.5. The molecule has 1 aromatic rings. The van der Waals surface area contributed by atoms with E-state index in [-0.39, 0.29) is 11.3 Å². The fourth-order valence-corrected chi connectivity index (χ4v) is 3.35. The van der Waals surface area contributed by atoms with E-state index in [0.29, 0.717) is 11.4 Å². The van der Waals surface area contributed by atoms with Crippen LogP contribution in [-0.4, -0.2) is 37.4 Å². The van der Waals surface area contributed by atoms with Gasteiger partial charge in [-0.05, 0) is 45.1 Å². The second-order valence-electron chi connectivity index (χ2n) is 5.69. The van der Waals surface area contributed by atoms with Crippen molar-refractivity contribution in [3.8, 4) is 5.75 Å². The summed E-state index contributed by atoms with van der Waals surface area (Å²) < 4.78 is 5.33. The lowest BCUT2D eigenvalue weighted by Gasteiger charge is -2.35. The summed E-state index contributed by atoms with van der Waals surface area (Å²) in [5, 5.41) is 0.638. The highest BCUT2D eigenvalue weighted by molar-refractivity contribution is 6.30. The van der Waals surface area contributed by atoms with Gasteiger partial charge in [0.15, 0.2) is 5.78 Å². The molecule has 0 N–H and O–H groups in total. The minimum atomic E-state index is -0.312. The minimum Gasteiger partial charge on any atom is -0.496 e. The quantitative estimate of drug-likeness (QED) is 0.834. The number of Topliss-reactive ketones (excluding diaryl/α,β-unsaturated/α-hetero) is 1. The molecule has 3 nitrogen and oxygen atoms in total. The first-order valence-corrected chi connectivity index (χ1v) is 7.40. The molecule has 1 fully saturated rings. The van der Waals surface area contributed by atoms with Gasteiger partial charge in [-0.2, -0.15) is 0 Å². The Kier molecular flexibility index (Phi) is 4.71. The predicted molar refractivity (Wildman–Crippen MR) is 81.6 cm³/mol. The molecule has 1 aliphatic rings. The van der Waals surface area contributed by atoms with Crippen LogP contribution in [0.4, 0.5) is 0 Å². The van der Waals surface area contributed by atoms with E-state index in [4.69, 9.17) is 16.3 Å². The lowest BCUT2D eigenvalue weighted by Crippen LogP contribution is -2.49. The van der Waals surface area contributed by atoms with Gasteiger partial charge in [-0.15, -0.1) is 0 Å².